The predicted octanol–water partition coefficient (Wildman–Crippen LogP) is 6.72. The Hall–Kier alpha value is -3.45. The topological polar surface area (TPSA) is 142 Å². The standard InChI is InChI=1S/C35H43ClN6O5S/c1-9-46-31(43)28-30(38-20(3)27(40-28)22-17-24(37-19(2)26(22)36)39-32(44)47-33(4,5)6)42-15-13-35(14-16-42)18-21-11-10-12-23-25(21)29(35)41-48(45)34(23,7)8/h10-12,17,29,41H,9,13-16,18H2,1-8H3,(H,37,39,44)/t29-,48-/m1/s1. The molecule has 1 amide bonds. The minimum Gasteiger partial charge on any atom is -0.597 e. The Bertz CT molecular complexity index is 1790. The molecule has 2 atom stereocenters. The van der Waals surface area contributed by atoms with Gasteiger partial charge < -0.3 is 18.9 Å². The molecule has 1 saturated heterocycles. The molecule has 6 rings (SSSR count). The van der Waals surface area contributed by atoms with Crippen LogP contribution < -0.4 is 14.9 Å². The molecule has 2 N–H and O–H groups in total. The van der Waals surface area contributed by atoms with Crippen LogP contribution in [-0.2, 0) is 32.0 Å². The number of nitrogens with one attached hydrogen (secondary N) is 2. The van der Waals surface area contributed by atoms with E-state index < -0.39 is 33.8 Å². The molecule has 0 unspecified atom stereocenters. The third-order valence-corrected chi connectivity index (χ3v) is 11.6. The SMILES string of the molecule is CCOC(=O)c1nc(-c2cc(NC(=O)OC(C)(C)C)nc(C)c2Cl)c(C)nc1N1CCC2(CC1)Cc1cccc3c1[C@H]2N[S@+]([O-])C3(C)C. The lowest BCUT2D eigenvalue weighted by atomic mass is 9.72. The highest BCUT2D eigenvalue weighted by Gasteiger charge is 2.56. The summed E-state index contributed by atoms with van der Waals surface area (Å²) in [5.41, 5.74) is 4.95. The van der Waals surface area contributed by atoms with Gasteiger partial charge in [0.2, 0.25) is 0 Å². The number of carbonyl (C=O) groups is 2. The summed E-state index contributed by atoms with van der Waals surface area (Å²) in [6.07, 6.45) is 1.88. The molecule has 3 aliphatic rings. The molecular weight excluding hydrogens is 652 g/mol. The highest BCUT2D eigenvalue weighted by molar-refractivity contribution is 7.90. The van der Waals surface area contributed by atoms with Crippen molar-refractivity contribution in [3.63, 3.8) is 0 Å². The fourth-order valence-corrected chi connectivity index (χ4v) is 8.65. The van der Waals surface area contributed by atoms with Crippen LogP contribution in [0.3, 0.4) is 0 Å². The largest absolute Gasteiger partial charge is 0.597 e. The summed E-state index contributed by atoms with van der Waals surface area (Å²) < 4.78 is 27.3. The number of fused-ring (bicyclic) bond motifs is 1. The number of benzene rings is 1. The zero-order chi connectivity index (χ0) is 34.8. The van der Waals surface area contributed by atoms with Gasteiger partial charge in [0.25, 0.3) is 0 Å². The Labute approximate surface area is 289 Å². The van der Waals surface area contributed by atoms with E-state index in [0.717, 1.165) is 24.8 Å². The molecule has 1 aromatic carbocycles. The first-order valence-corrected chi connectivity index (χ1v) is 17.9. The zero-order valence-electron chi connectivity index (χ0n) is 28.7. The number of aryl methyl sites for hydroxylation is 2. The van der Waals surface area contributed by atoms with Gasteiger partial charge in [0.15, 0.2) is 16.3 Å². The van der Waals surface area contributed by atoms with Crippen molar-refractivity contribution in [2.75, 3.05) is 29.9 Å². The summed E-state index contributed by atoms with van der Waals surface area (Å²) in [5, 5.41) is 2.99. The number of amides is 1. The number of hydrogen-bond donors (Lipinski definition) is 2. The number of anilines is 2. The lowest BCUT2D eigenvalue weighted by molar-refractivity contribution is 0.0518. The molecule has 3 aromatic rings. The average Bonchev–Trinajstić information content (AvgIpc) is 3.30. The Morgan fingerprint density at radius 2 is 1.85 bits per heavy atom. The molecular formula is C35H43ClN6O5S. The van der Waals surface area contributed by atoms with Crippen LogP contribution in [0.25, 0.3) is 11.3 Å². The first kappa shape index (κ1) is 34.4. The Balaban J connectivity index is 1.32. The fraction of sp³-hybridized carbons (Fsp3) is 0.514. The second-order valence-electron chi connectivity index (χ2n) is 14.4. The van der Waals surface area contributed by atoms with E-state index in [-0.39, 0.29) is 29.6 Å². The van der Waals surface area contributed by atoms with Crippen molar-refractivity contribution in [1.82, 2.24) is 19.7 Å². The maximum atomic E-state index is 13.4. The lowest BCUT2D eigenvalue weighted by Crippen LogP contribution is -2.53. The van der Waals surface area contributed by atoms with Gasteiger partial charge in [0.1, 0.15) is 11.4 Å². The van der Waals surface area contributed by atoms with E-state index in [9.17, 15) is 14.1 Å². The highest BCUT2D eigenvalue weighted by atomic mass is 35.5. The van der Waals surface area contributed by atoms with Crippen LogP contribution in [0.5, 0.6) is 0 Å². The molecule has 1 fully saturated rings. The van der Waals surface area contributed by atoms with Crippen molar-refractivity contribution < 1.29 is 23.6 Å². The molecule has 1 aliphatic carbocycles. The third kappa shape index (κ3) is 6.12. The maximum absolute atomic E-state index is 13.4. The number of esters is 1. The number of piperidine rings is 1. The minimum atomic E-state index is -1.22. The van der Waals surface area contributed by atoms with Crippen LogP contribution in [0.15, 0.2) is 24.3 Å². The zero-order valence-corrected chi connectivity index (χ0v) is 30.3. The fourth-order valence-electron chi connectivity index (χ4n) is 7.21. The van der Waals surface area contributed by atoms with E-state index in [4.69, 9.17) is 31.0 Å². The van der Waals surface area contributed by atoms with Crippen LogP contribution in [0.4, 0.5) is 16.4 Å². The number of ether oxygens (including phenoxy) is 2. The van der Waals surface area contributed by atoms with E-state index in [1.165, 1.54) is 11.1 Å². The van der Waals surface area contributed by atoms with Crippen molar-refractivity contribution in [1.29, 1.82) is 0 Å². The van der Waals surface area contributed by atoms with E-state index in [0.29, 0.717) is 46.6 Å². The molecule has 13 heteroatoms. The second-order valence-corrected chi connectivity index (χ2v) is 16.5. The van der Waals surface area contributed by atoms with E-state index in [1.54, 1.807) is 40.7 Å². The van der Waals surface area contributed by atoms with Crippen molar-refractivity contribution in [3.05, 3.63) is 63.1 Å². The Morgan fingerprint density at radius 3 is 2.52 bits per heavy atom. The molecule has 0 saturated carbocycles. The summed E-state index contributed by atoms with van der Waals surface area (Å²) in [6, 6.07) is 8.01. The van der Waals surface area contributed by atoms with E-state index in [2.05, 4.69) is 38.1 Å². The smallest absolute Gasteiger partial charge is 0.413 e. The molecule has 0 bridgehead atoms. The summed E-state index contributed by atoms with van der Waals surface area (Å²) in [5.74, 6) is 0.0999. The number of hydrogen-bond acceptors (Lipinski definition) is 10. The molecule has 2 aliphatic heterocycles. The van der Waals surface area contributed by atoms with Crippen LogP contribution in [0.2, 0.25) is 5.02 Å². The van der Waals surface area contributed by atoms with Gasteiger partial charge in [-0.15, -0.1) is 4.72 Å². The molecule has 4 heterocycles. The van der Waals surface area contributed by atoms with Gasteiger partial charge in [-0.3, -0.25) is 5.32 Å². The van der Waals surface area contributed by atoms with Gasteiger partial charge in [0, 0.05) is 41.0 Å². The number of aromatic nitrogens is 3. The summed E-state index contributed by atoms with van der Waals surface area (Å²) in [4.78, 5) is 42.2. The maximum Gasteiger partial charge on any atom is 0.413 e. The predicted molar refractivity (Wildman–Crippen MR) is 187 cm³/mol. The molecule has 0 radical (unpaired) electrons. The average molecular weight is 695 g/mol. The number of halogens is 1. The van der Waals surface area contributed by atoms with Crippen molar-refractivity contribution in [2.24, 2.45) is 5.41 Å². The third-order valence-electron chi connectivity index (χ3n) is 9.56. The molecule has 2 aromatic heterocycles. The van der Waals surface area contributed by atoms with E-state index in [1.807, 2.05) is 20.8 Å². The normalized spacial score (nSPS) is 20.8. The monoisotopic (exact) mass is 694 g/mol. The van der Waals surface area contributed by atoms with Gasteiger partial charge >= 0.3 is 12.1 Å². The Kier molecular flexibility index (Phi) is 8.93. The minimum absolute atomic E-state index is 0.0000107. The second kappa shape index (κ2) is 12.5. The van der Waals surface area contributed by atoms with Gasteiger partial charge in [-0.2, -0.15) is 0 Å². The number of nitrogens with zero attached hydrogens (tertiary/aromatic N) is 4. The quantitative estimate of drug-likeness (QED) is 0.218. The number of rotatable bonds is 5. The van der Waals surface area contributed by atoms with Crippen molar-refractivity contribution >= 4 is 46.7 Å². The summed E-state index contributed by atoms with van der Waals surface area (Å²) in [6.45, 7) is 16.1. The highest BCUT2D eigenvalue weighted by Crippen LogP contribution is 2.57. The summed E-state index contributed by atoms with van der Waals surface area (Å²) >= 11 is 5.52. The van der Waals surface area contributed by atoms with Crippen LogP contribution in [-0.4, -0.2) is 56.9 Å². The van der Waals surface area contributed by atoms with Crippen molar-refractivity contribution in [2.45, 2.75) is 91.0 Å². The first-order valence-electron chi connectivity index (χ1n) is 16.3. The van der Waals surface area contributed by atoms with Crippen LogP contribution >= 0.6 is 11.6 Å². The van der Waals surface area contributed by atoms with Gasteiger partial charge in [-0.1, -0.05) is 29.8 Å². The molecule has 11 nitrogen and oxygen atoms in total. The van der Waals surface area contributed by atoms with Crippen LogP contribution in [0.1, 0.15) is 99.0 Å². The summed E-state index contributed by atoms with van der Waals surface area (Å²) in [7, 11) is 0. The van der Waals surface area contributed by atoms with Gasteiger partial charge in [-0.25, -0.2) is 24.5 Å². The van der Waals surface area contributed by atoms with Crippen molar-refractivity contribution in [3.8, 4) is 11.3 Å². The number of carbonyl (C=O) groups excluding carboxylic acids is 2. The van der Waals surface area contributed by atoms with Crippen LogP contribution in [0, 0.1) is 19.3 Å². The molecule has 1 spiro atoms. The lowest BCUT2D eigenvalue weighted by Gasteiger charge is -2.46. The van der Waals surface area contributed by atoms with Gasteiger partial charge in [-0.05, 0) is 91.8 Å². The number of pyridine rings is 1. The van der Waals surface area contributed by atoms with E-state index >= 15 is 0 Å². The van der Waals surface area contributed by atoms with Gasteiger partial charge in [0.05, 0.1) is 34.8 Å². The Morgan fingerprint density at radius 1 is 1.15 bits per heavy atom. The molecule has 256 valence electrons. The first-order chi connectivity index (χ1) is 22.5. The molecule has 48 heavy (non-hydrogen) atoms.